The molecule has 0 fully saturated rings. The van der Waals surface area contributed by atoms with Crippen LogP contribution < -0.4 is 5.56 Å². The predicted molar refractivity (Wildman–Crippen MR) is 50.8 cm³/mol. The van der Waals surface area contributed by atoms with E-state index in [0.717, 1.165) is 0 Å². The van der Waals surface area contributed by atoms with Gasteiger partial charge in [0, 0.05) is 11.8 Å². The zero-order chi connectivity index (χ0) is 10.1. The van der Waals surface area contributed by atoms with Crippen molar-refractivity contribution in [3.05, 3.63) is 27.9 Å². The van der Waals surface area contributed by atoms with E-state index < -0.39 is 0 Å². The molecule has 0 saturated heterocycles. The Morgan fingerprint density at radius 1 is 1.64 bits per heavy atom. The van der Waals surface area contributed by atoms with Gasteiger partial charge < -0.3 is 15.2 Å². The highest BCUT2D eigenvalue weighted by atomic mass is 16.4. The van der Waals surface area contributed by atoms with Crippen molar-refractivity contribution in [2.75, 3.05) is 0 Å². The smallest absolute Gasteiger partial charge is 0.275 e. The maximum Gasteiger partial charge on any atom is 0.275 e. The second-order valence-corrected chi connectivity index (χ2v) is 2.86. The lowest BCUT2D eigenvalue weighted by molar-refractivity contribution is 0.322. The SMILES string of the molecule is Cc1nc2c(/C=N/O)c[nH]c2c(=O)[nH]1. The van der Waals surface area contributed by atoms with Gasteiger partial charge in [-0.25, -0.2) is 4.98 Å². The van der Waals surface area contributed by atoms with Gasteiger partial charge in [0.2, 0.25) is 0 Å². The zero-order valence-electron chi connectivity index (χ0n) is 7.40. The molecule has 0 aliphatic heterocycles. The Morgan fingerprint density at radius 3 is 3.14 bits per heavy atom. The van der Waals surface area contributed by atoms with Crippen molar-refractivity contribution in [1.29, 1.82) is 0 Å². The molecule has 2 aromatic heterocycles. The van der Waals surface area contributed by atoms with Gasteiger partial charge in [-0.15, -0.1) is 0 Å². The van der Waals surface area contributed by atoms with E-state index in [2.05, 4.69) is 20.1 Å². The fourth-order valence-corrected chi connectivity index (χ4v) is 1.31. The molecule has 14 heavy (non-hydrogen) atoms. The summed E-state index contributed by atoms with van der Waals surface area (Å²) < 4.78 is 0. The van der Waals surface area contributed by atoms with Gasteiger partial charge in [0.1, 0.15) is 16.9 Å². The summed E-state index contributed by atoms with van der Waals surface area (Å²) in [5.74, 6) is 0.523. The van der Waals surface area contributed by atoms with Crippen molar-refractivity contribution in [3.63, 3.8) is 0 Å². The van der Waals surface area contributed by atoms with E-state index in [1.54, 1.807) is 13.1 Å². The molecule has 0 atom stereocenters. The minimum Gasteiger partial charge on any atom is -0.411 e. The molecule has 2 aromatic rings. The Labute approximate surface area is 78.3 Å². The van der Waals surface area contributed by atoms with E-state index in [4.69, 9.17) is 5.21 Å². The second kappa shape index (κ2) is 2.99. The number of fused-ring (bicyclic) bond motifs is 1. The summed E-state index contributed by atoms with van der Waals surface area (Å²) in [5, 5.41) is 11.3. The monoisotopic (exact) mass is 192 g/mol. The fourth-order valence-electron chi connectivity index (χ4n) is 1.31. The lowest BCUT2D eigenvalue weighted by Crippen LogP contribution is -2.09. The van der Waals surface area contributed by atoms with Gasteiger partial charge in [-0.1, -0.05) is 5.16 Å². The Hall–Kier alpha value is -2.11. The van der Waals surface area contributed by atoms with Gasteiger partial charge in [0.25, 0.3) is 5.56 Å². The first-order chi connectivity index (χ1) is 6.72. The second-order valence-electron chi connectivity index (χ2n) is 2.86. The van der Waals surface area contributed by atoms with Crippen LogP contribution in [0, 0.1) is 6.92 Å². The van der Waals surface area contributed by atoms with Gasteiger partial charge in [0.05, 0.1) is 6.21 Å². The van der Waals surface area contributed by atoms with Crippen LogP contribution in [0.15, 0.2) is 16.1 Å². The summed E-state index contributed by atoms with van der Waals surface area (Å²) >= 11 is 0. The highest BCUT2D eigenvalue weighted by Crippen LogP contribution is 2.09. The first-order valence-corrected chi connectivity index (χ1v) is 3.98. The normalized spacial score (nSPS) is 11.5. The highest BCUT2D eigenvalue weighted by Gasteiger charge is 2.07. The van der Waals surface area contributed by atoms with Gasteiger partial charge in [-0.05, 0) is 6.92 Å². The molecule has 2 heterocycles. The summed E-state index contributed by atoms with van der Waals surface area (Å²) in [5.41, 5.74) is 1.23. The van der Waals surface area contributed by atoms with Crippen LogP contribution in [0.4, 0.5) is 0 Å². The largest absolute Gasteiger partial charge is 0.411 e. The first-order valence-electron chi connectivity index (χ1n) is 3.98. The van der Waals surface area contributed by atoms with Crippen LogP contribution >= 0.6 is 0 Å². The quantitative estimate of drug-likeness (QED) is 0.346. The van der Waals surface area contributed by atoms with Gasteiger partial charge >= 0.3 is 0 Å². The van der Waals surface area contributed by atoms with E-state index in [0.29, 0.717) is 22.4 Å². The molecule has 0 spiro atoms. The Morgan fingerprint density at radius 2 is 2.43 bits per heavy atom. The van der Waals surface area contributed by atoms with Gasteiger partial charge in [0.15, 0.2) is 0 Å². The Balaban J connectivity index is 2.85. The number of nitrogens with zero attached hydrogens (tertiary/aromatic N) is 2. The minimum atomic E-state index is -0.231. The minimum absolute atomic E-state index is 0.231. The van der Waals surface area contributed by atoms with Gasteiger partial charge in [-0.3, -0.25) is 4.79 Å². The topological polar surface area (TPSA) is 94.1 Å². The number of aromatic nitrogens is 3. The summed E-state index contributed by atoms with van der Waals surface area (Å²) in [6.45, 7) is 1.69. The van der Waals surface area contributed by atoms with Crippen LogP contribution in [0.5, 0.6) is 0 Å². The van der Waals surface area contributed by atoms with E-state index in [1.165, 1.54) is 6.21 Å². The van der Waals surface area contributed by atoms with Gasteiger partial charge in [-0.2, -0.15) is 0 Å². The van der Waals surface area contributed by atoms with Crippen LogP contribution in [0.1, 0.15) is 11.4 Å². The summed E-state index contributed by atoms with van der Waals surface area (Å²) in [6, 6.07) is 0. The van der Waals surface area contributed by atoms with Crippen molar-refractivity contribution >= 4 is 17.2 Å². The number of aryl methyl sites for hydroxylation is 1. The standard InChI is InChI=1S/C8H8N4O2/c1-4-11-6-5(3-10-14)2-9-7(6)8(13)12-4/h2-3,9,14H,1H3,(H,11,12,13)/b10-3+. The molecule has 6 nitrogen and oxygen atoms in total. The molecule has 0 aliphatic carbocycles. The van der Waals surface area contributed by atoms with Crippen LogP contribution in [0.3, 0.4) is 0 Å². The molecule has 72 valence electrons. The molecule has 2 rings (SSSR count). The average Bonchev–Trinajstić information content (AvgIpc) is 2.49. The summed E-state index contributed by atoms with van der Waals surface area (Å²) in [4.78, 5) is 20.8. The van der Waals surface area contributed by atoms with Crippen molar-refractivity contribution in [3.8, 4) is 0 Å². The molecule has 3 N–H and O–H groups in total. The number of nitrogens with one attached hydrogen (secondary N) is 2. The molecule has 0 saturated carbocycles. The fraction of sp³-hybridized carbons (Fsp3) is 0.125. The van der Waals surface area contributed by atoms with E-state index in [-0.39, 0.29) is 5.56 Å². The maximum atomic E-state index is 11.4. The molecular formula is C8H8N4O2. The average molecular weight is 192 g/mol. The number of rotatable bonds is 1. The van der Waals surface area contributed by atoms with Crippen molar-refractivity contribution in [2.45, 2.75) is 6.92 Å². The lowest BCUT2D eigenvalue weighted by atomic mass is 10.3. The number of hydrogen-bond acceptors (Lipinski definition) is 4. The third-order valence-electron chi connectivity index (χ3n) is 1.88. The maximum absolute atomic E-state index is 11.4. The van der Waals surface area contributed by atoms with Crippen molar-refractivity contribution in [1.82, 2.24) is 15.0 Å². The number of hydrogen-bond donors (Lipinski definition) is 3. The third kappa shape index (κ3) is 1.17. The van der Waals surface area contributed by atoms with Crippen molar-refractivity contribution in [2.24, 2.45) is 5.16 Å². The molecule has 0 unspecified atom stereocenters. The van der Waals surface area contributed by atoms with E-state index in [1.807, 2.05) is 0 Å². The molecule has 0 amide bonds. The molecular weight excluding hydrogens is 184 g/mol. The molecule has 0 bridgehead atoms. The lowest BCUT2D eigenvalue weighted by Gasteiger charge is -1.92. The zero-order valence-corrected chi connectivity index (χ0v) is 7.40. The summed E-state index contributed by atoms with van der Waals surface area (Å²) in [7, 11) is 0. The van der Waals surface area contributed by atoms with Crippen LogP contribution in [0.25, 0.3) is 11.0 Å². The number of oxime groups is 1. The summed E-state index contributed by atoms with van der Waals surface area (Å²) in [6.07, 6.45) is 2.79. The molecule has 6 heteroatoms. The highest BCUT2D eigenvalue weighted by molar-refractivity contribution is 5.96. The predicted octanol–water partition coefficient (Wildman–Crippen LogP) is 0.368. The van der Waals surface area contributed by atoms with Crippen LogP contribution in [0.2, 0.25) is 0 Å². The first kappa shape index (κ1) is 8.49. The van der Waals surface area contributed by atoms with E-state index in [9.17, 15) is 4.79 Å². The van der Waals surface area contributed by atoms with Crippen molar-refractivity contribution < 1.29 is 5.21 Å². The Kier molecular flexibility index (Phi) is 1.81. The van der Waals surface area contributed by atoms with Crippen LogP contribution in [-0.2, 0) is 0 Å². The molecule has 0 aliphatic rings. The molecule has 0 radical (unpaired) electrons. The third-order valence-corrected chi connectivity index (χ3v) is 1.88. The number of H-pyrrole nitrogens is 2. The van der Waals surface area contributed by atoms with E-state index >= 15 is 0 Å². The molecule has 0 aromatic carbocycles. The number of aromatic amines is 2. The Bertz CT molecular complexity index is 552. The van der Waals surface area contributed by atoms with Crippen LogP contribution in [-0.4, -0.2) is 26.4 Å².